The molecular formula is C15H12O2. The van der Waals surface area contributed by atoms with Crippen LogP contribution >= 0.6 is 0 Å². The average molecular weight is 224 g/mol. The van der Waals surface area contributed by atoms with E-state index in [9.17, 15) is 4.79 Å². The lowest BCUT2D eigenvalue weighted by atomic mass is 10.00. The molecule has 1 aliphatic rings. The summed E-state index contributed by atoms with van der Waals surface area (Å²) in [5.74, 6) is 0.863. The van der Waals surface area contributed by atoms with Gasteiger partial charge in [-0.3, -0.25) is 4.79 Å². The van der Waals surface area contributed by atoms with E-state index in [-0.39, 0.29) is 5.78 Å². The third kappa shape index (κ3) is 1.24. The second-order valence-electron chi connectivity index (χ2n) is 4.21. The van der Waals surface area contributed by atoms with Crippen LogP contribution in [0, 0.1) is 6.92 Å². The van der Waals surface area contributed by atoms with Crippen LogP contribution in [-0.2, 0) is 0 Å². The van der Waals surface area contributed by atoms with E-state index in [1.54, 1.807) is 7.11 Å². The molecule has 2 heteroatoms. The fourth-order valence-electron chi connectivity index (χ4n) is 2.48. The Hall–Kier alpha value is -2.09. The van der Waals surface area contributed by atoms with E-state index in [1.807, 2.05) is 43.3 Å². The van der Waals surface area contributed by atoms with E-state index in [0.717, 1.165) is 33.6 Å². The van der Waals surface area contributed by atoms with E-state index >= 15 is 0 Å². The van der Waals surface area contributed by atoms with E-state index in [4.69, 9.17) is 4.74 Å². The summed E-state index contributed by atoms with van der Waals surface area (Å²) in [7, 11) is 1.64. The summed E-state index contributed by atoms with van der Waals surface area (Å²) in [5, 5.41) is 0. The minimum Gasteiger partial charge on any atom is -0.496 e. The predicted molar refractivity (Wildman–Crippen MR) is 66.6 cm³/mol. The molecule has 2 aromatic carbocycles. The van der Waals surface area contributed by atoms with Crippen LogP contribution in [-0.4, -0.2) is 12.9 Å². The summed E-state index contributed by atoms with van der Waals surface area (Å²) >= 11 is 0. The van der Waals surface area contributed by atoms with Crippen LogP contribution in [0.25, 0.3) is 11.1 Å². The topological polar surface area (TPSA) is 26.3 Å². The summed E-state index contributed by atoms with van der Waals surface area (Å²) in [4.78, 5) is 12.3. The summed E-state index contributed by atoms with van der Waals surface area (Å²) in [5.41, 5.74) is 4.59. The molecule has 0 aliphatic heterocycles. The molecule has 3 rings (SSSR count). The van der Waals surface area contributed by atoms with E-state index < -0.39 is 0 Å². The molecule has 2 aromatic rings. The van der Waals surface area contributed by atoms with Crippen LogP contribution in [0.5, 0.6) is 5.75 Å². The highest BCUT2D eigenvalue weighted by molar-refractivity contribution is 6.23. The number of rotatable bonds is 1. The van der Waals surface area contributed by atoms with Crippen LogP contribution in [0.3, 0.4) is 0 Å². The summed E-state index contributed by atoms with van der Waals surface area (Å²) in [6, 6.07) is 11.4. The van der Waals surface area contributed by atoms with Gasteiger partial charge in [0.15, 0.2) is 5.78 Å². The highest BCUT2D eigenvalue weighted by Crippen LogP contribution is 2.43. The molecule has 0 aromatic heterocycles. The third-order valence-electron chi connectivity index (χ3n) is 3.26. The van der Waals surface area contributed by atoms with Crippen LogP contribution in [0.15, 0.2) is 36.4 Å². The Morgan fingerprint density at radius 3 is 2.29 bits per heavy atom. The number of carbonyl (C=O) groups excluding carboxylic acids is 1. The fourth-order valence-corrected chi connectivity index (χ4v) is 2.48. The molecule has 17 heavy (non-hydrogen) atoms. The number of fused-ring (bicyclic) bond motifs is 3. The zero-order valence-electron chi connectivity index (χ0n) is 9.78. The van der Waals surface area contributed by atoms with Crippen molar-refractivity contribution in [3.63, 3.8) is 0 Å². The van der Waals surface area contributed by atoms with Gasteiger partial charge in [0.1, 0.15) is 5.75 Å². The smallest absolute Gasteiger partial charge is 0.194 e. The van der Waals surface area contributed by atoms with Crippen molar-refractivity contribution in [1.82, 2.24) is 0 Å². The maximum absolute atomic E-state index is 12.3. The third-order valence-corrected chi connectivity index (χ3v) is 3.26. The SMILES string of the molecule is COc1cccc2c1-c1c(C)cccc1C2=O. The Kier molecular flexibility index (Phi) is 2.05. The normalized spacial score (nSPS) is 12.2. The lowest BCUT2D eigenvalue weighted by Gasteiger charge is -2.08. The maximum Gasteiger partial charge on any atom is 0.194 e. The molecule has 0 heterocycles. The van der Waals surface area contributed by atoms with Gasteiger partial charge in [0.2, 0.25) is 0 Å². The standard InChI is InChI=1S/C15H12O2/c1-9-5-3-6-10-13(9)14-11(15(10)16)7-4-8-12(14)17-2/h3-8H,1-2H3. The molecule has 1 aliphatic carbocycles. The van der Waals surface area contributed by atoms with Crippen molar-refractivity contribution in [3.8, 4) is 16.9 Å². The van der Waals surface area contributed by atoms with Crippen molar-refractivity contribution in [1.29, 1.82) is 0 Å². The molecule has 0 atom stereocenters. The summed E-state index contributed by atoms with van der Waals surface area (Å²) < 4.78 is 5.37. The van der Waals surface area contributed by atoms with Crippen molar-refractivity contribution in [2.24, 2.45) is 0 Å². The first-order valence-electron chi connectivity index (χ1n) is 5.55. The largest absolute Gasteiger partial charge is 0.496 e. The Morgan fingerprint density at radius 2 is 1.59 bits per heavy atom. The lowest BCUT2D eigenvalue weighted by Crippen LogP contribution is -1.94. The maximum atomic E-state index is 12.3. The number of carbonyl (C=O) groups is 1. The highest BCUT2D eigenvalue weighted by atomic mass is 16.5. The van der Waals surface area contributed by atoms with Gasteiger partial charge in [-0.1, -0.05) is 30.3 Å². The van der Waals surface area contributed by atoms with Gasteiger partial charge >= 0.3 is 0 Å². The average Bonchev–Trinajstić information content (AvgIpc) is 2.65. The van der Waals surface area contributed by atoms with Crippen molar-refractivity contribution >= 4 is 5.78 Å². The van der Waals surface area contributed by atoms with Gasteiger partial charge in [-0.05, 0) is 18.6 Å². The van der Waals surface area contributed by atoms with Crippen molar-refractivity contribution in [2.75, 3.05) is 7.11 Å². The quantitative estimate of drug-likeness (QED) is 0.634. The molecule has 0 unspecified atom stereocenters. The Bertz CT molecular complexity index is 627. The van der Waals surface area contributed by atoms with Gasteiger partial charge in [0, 0.05) is 22.3 Å². The molecule has 84 valence electrons. The molecule has 0 amide bonds. The van der Waals surface area contributed by atoms with Gasteiger partial charge in [0.05, 0.1) is 7.11 Å². The van der Waals surface area contributed by atoms with Crippen LogP contribution in [0.4, 0.5) is 0 Å². The zero-order valence-corrected chi connectivity index (χ0v) is 9.78. The molecular weight excluding hydrogens is 212 g/mol. The first-order chi connectivity index (χ1) is 8.24. The number of methoxy groups -OCH3 is 1. The monoisotopic (exact) mass is 224 g/mol. The number of aryl methyl sites for hydroxylation is 1. The van der Waals surface area contributed by atoms with Gasteiger partial charge < -0.3 is 4.74 Å². The first kappa shape index (κ1) is 10.1. The molecule has 0 radical (unpaired) electrons. The molecule has 0 fully saturated rings. The predicted octanol–water partition coefficient (Wildman–Crippen LogP) is 3.22. The number of hydrogen-bond donors (Lipinski definition) is 0. The van der Waals surface area contributed by atoms with Gasteiger partial charge in [0.25, 0.3) is 0 Å². The first-order valence-corrected chi connectivity index (χ1v) is 5.55. The van der Waals surface area contributed by atoms with Gasteiger partial charge in [-0.2, -0.15) is 0 Å². The van der Waals surface area contributed by atoms with E-state index in [1.165, 1.54) is 0 Å². The van der Waals surface area contributed by atoms with Crippen molar-refractivity contribution < 1.29 is 9.53 Å². The van der Waals surface area contributed by atoms with E-state index in [2.05, 4.69) is 0 Å². The molecule has 2 nitrogen and oxygen atoms in total. The molecule has 0 saturated heterocycles. The Balaban J connectivity index is 2.43. The summed E-state index contributed by atoms with van der Waals surface area (Å²) in [6.45, 7) is 2.02. The van der Waals surface area contributed by atoms with Gasteiger partial charge in [-0.25, -0.2) is 0 Å². The van der Waals surface area contributed by atoms with Crippen molar-refractivity contribution in [2.45, 2.75) is 6.92 Å². The number of ketones is 1. The van der Waals surface area contributed by atoms with Gasteiger partial charge in [-0.15, -0.1) is 0 Å². The second kappa shape index (κ2) is 3.45. The van der Waals surface area contributed by atoms with Crippen LogP contribution in [0.2, 0.25) is 0 Å². The molecule has 0 saturated carbocycles. The highest BCUT2D eigenvalue weighted by Gasteiger charge is 2.30. The zero-order chi connectivity index (χ0) is 12.0. The number of hydrogen-bond acceptors (Lipinski definition) is 2. The minimum absolute atomic E-state index is 0.0950. The van der Waals surface area contributed by atoms with Crippen LogP contribution in [0.1, 0.15) is 21.5 Å². The van der Waals surface area contributed by atoms with E-state index in [0.29, 0.717) is 0 Å². The summed E-state index contributed by atoms with van der Waals surface area (Å²) in [6.07, 6.45) is 0. The Morgan fingerprint density at radius 1 is 0.941 bits per heavy atom. The van der Waals surface area contributed by atoms with Crippen molar-refractivity contribution in [3.05, 3.63) is 53.1 Å². The molecule has 0 spiro atoms. The minimum atomic E-state index is 0.0950. The lowest BCUT2D eigenvalue weighted by molar-refractivity contribution is 0.104. The number of benzene rings is 2. The fraction of sp³-hybridized carbons (Fsp3) is 0.133. The number of ether oxygens (including phenoxy) is 1. The molecule has 0 bridgehead atoms. The molecule has 0 N–H and O–H groups in total. The second-order valence-corrected chi connectivity index (χ2v) is 4.21. The van der Waals surface area contributed by atoms with Crippen LogP contribution < -0.4 is 4.74 Å². The Labute approximate surface area is 99.9 Å².